The number of amides is 1. The van der Waals surface area contributed by atoms with Gasteiger partial charge < -0.3 is 21.1 Å². The first kappa shape index (κ1) is 20.4. The van der Waals surface area contributed by atoms with E-state index < -0.39 is 0 Å². The van der Waals surface area contributed by atoms with E-state index in [9.17, 15) is 10.1 Å². The van der Waals surface area contributed by atoms with E-state index in [-0.39, 0.29) is 24.4 Å². The molecule has 3 aromatic rings. The number of ether oxygens (including phenoxy) is 1. The van der Waals surface area contributed by atoms with Gasteiger partial charge in [-0.1, -0.05) is 30.3 Å². The van der Waals surface area contributed by atoms with Crippen molar-refractivity contribution < 1.29 is 9.53 Å². The number of anilines is 1. The Balaban J connectivity index is 1.50. The Hall–Kier alpha value is -3.89. The summed E-state index contributed by atoms with van der Waals surface area (Å²) in [6.07, 6.45) is 2.50. The molecule has 1 fully saturated rings. The van der Waals surface area contributed by atoms with Crippen LogP contribution < -0.4 is 16.2 Å². The van der Waals surface area contributed by atoms with Gasteiger partial charge >= 0.3 is 0 Å². The standard InChI is InChI=1S/C24H23N5O2/c25-12-18-3-1-2-4-19(18)15-31-22-11-20(13-28-23(22)27)16-5-7-17(8-6-16)24(30)29-10-9-21(26)14-29/h1-8,11,13,21H,9-10,14-15,26H2,(H2,27,28). The number of nitriles is 1. The van der Waals surface area contributed by atoms with Crippen LogP contribution in [0.3, 0.4) is 0 Å². The predicted molar refractivity (Wildman–Crippen MR) is 118 cm³/mol. The van der Waals surface area contributed by atoms with Crippen molar-refractivity contribution in [3.63, 3.8) is 0 Å². The number of nitrogens with two attached hydrogens (primary N) is 2. The largest absolute Gasteiger partial charge is 0.485 e. The van der Waals surface area contributed by atoms with Crippen LogP contribution in [0.25, 0.3) is 11.1 Å². The first-order valence-corrected chi connectivity index (χ1v) is 10.1. The van der Waals surface area contributed by atoms with Gasteiger partial charge in [-0.15, -0.1) is 0 Å². The molecule has 1 aliphatic heterocycles. The minimum Gasteiger partial charge on any atom is -0.485 e. The van der Waals surface area contributed by atoms with Crippen molar-refractivity contribution in [2.45, 2.75) is 19.1 Å². The molecule has 7 nitrogen and oxygen atoms in total. The molecule has 4 rings (SSSR count). The summed E-state index contributed by atoms with van der Waals surface area (Å²) in [5, 5.41) is 9.23. The second kappa shape index (κ2) is 8.86. The number of hydrogen-bond donors (Lipinski definition) is 2. The smallest absolute Gasteiger partial charge is 0.253 e. The van der Waals surface area contributed by atoms with Crippen molar-refractivity contribution in [2.24, 2.45) is 5.73 Å². The fourth-order valence-electron chi connectivity index (χ4n) is 3.60. The second-order valence-electron chi connectivity index (χ2n) is 7.54. The van der Waals surface area contributed by atoms with Crippen LogP contribution in [0.5, 0.6) is 5.75 Å². The molecular weight excluding hydrogens is 390 g/mol. The molecule has 1 aliphatic rings. The summed E-state index contributed by atoms with van der Waals surface area (Å²) in [6.45, 7) is 1.50. The third kappa shape index (κ3) is 4.49. The number of carbonyl (C=O) groups is 1. The van der Waals surface area contributed by atoms with E-state index >= 15 is 0 Å². The fraction of sp³-hybridized carbons (Fsp3) is 0.208. The summed E-state index contributed by atoms with van der Waals surface area (Å²) in [7, 11) is 0. The number of aromatic nitrogens is 1. The second-order valence-corrected chi connectivity index (χ2v) is 7.54. The highest BCUT2D eigenvalue weighted by Gasteiger charge is 2.24. The van der Waals surface area contributed by atoms with Crippen LogP contribution in [-0.4, -0.2) is 34.9 Å². The van der Waals surface area contributed by atoms with Gasteiger partial charge in [-0.05, 0) is 36.2 Å². The van der Waals surface area contributed by atoms with Gasteiger partial charge in [0.15, 0.2) is 11.6 Å². The van der Waals surface area contributed by atoms with Gasteiger partial charge in [0, 0.05) is 42.0 Å². The van der Waals surface area contributed by atoms with Crippen molar-refractivity contribution in [3.8, 4) is 22.9 Å². The van der Waals surface area contributed by atoms with Gasteiger partial charge in [-0.25, -0.2) is 4.98 Å². The van der Waals surface area contributed by atoms with Crippen molar-refractivity contribution in [3.05, 3.63) is 77.5 Å². The Bertz CT molecular complexity index is 1140. The number of nitrogen functional groups attached to an aromatic ring is 1. The third-order valence-electron chi connectivity index (χ3n) is 5.38. The lowest BCUT2D eigenvalue weighted by Gasteiger charge is -2.16. The molecule has 4 N–H and O–H groups in total. The van der Waals surface area contributed by atoms with E-state index in [4.69, 9.17) is 16.2 Å². The van der Waals surface area contributed by atoms with Crippen molar-refractivity contribution >= 4 is 11.7 Å². The number of pyridine rings is 1. The average Bonchev–Trinajstić information content (AvgIpc) is 3.24. The zero-order chi connectivity index (χ0) is 21.8. The average molecular weight is 413 g/mol. The number of carbonyl (C=O) groups excluding carboxylic acids is 1. The van der Waals surface area contributed by atoms with Crippen LogP contribution in [0.2, 0.25) is 0 Å². The number of rotatable bonds is 5. The van der Waals surface area contributed by atoms with Crippen LogP contribution in [0.1, 0.15) is 27.9 Å². The maximum Gasteiger partial charge on any atom is 0.253 e. The van der Waals surface area contributed by atoms with Gasteiger partial charge in [0.2, 0.25) is 0 Å². The predicted octanol–water partition coefficient (Wildman–Crippen LogP) is 2.95. The molecule has 0 saturated carbocycles. The Morgan fingerprint density at radius 3 is 2.68 bits per heavy atom. The molecule has 156 valence electrons. The van der Waals surface area contributed by atoms with Gasteiger partial charge in [0.05, 0.1) is 11.6 Å². The normalized spacial score (nSPS) is 15.5. The summed E-state index contributed by atoms with van der Waals surface area (Å²) in [6, 6.07) is 18.7. The highest BCUT2D eigenvalue weighted by atomic mass is 16.5. The first-order chi connectivity index (χ1) is 15.0. The SMILES string of the molecule is N#Cc1ccccc1COc1cc(-c2ccc(C(=O)N3CCC(N)C3)cc2)cnc1N. The number of likely N-dealkylation sites (tertiary alicyclic amines) is 1. The lowest BCUT2D eigenvalue weighted by molar-refractivity contribution is 0.0791. The van der Waals surface area contributed by atoms with E-state index in [0.717, 1.165) is 23.1 Å². The van der Waals surface area contributed by atoms with Gasteiger partial charge in [-0.3, -0.25) is 4.79 Å². The van der Waals surface area contributed by atoms with Gasteiger partial charge in [-0.2, -0.15) is 5.26 Å². The molecular formula is C24H23N5O2. The Morgan fingerprint density at radius 1 is 1.19 bits per heavy atom. The Morgan fingerprint density at radius 2 is 1.97 bits per heavy atom. The molecule has 1 atom stereocenters. The van der Waals surface area contributed by atoms with E-state index in [1.54, 1.807) is 17.2 Å². The van der Waals surface area contributed by atoms with Crippen molar-refractivity contribution in [1.29, 1.82) is 5.26 Å². The zero-order valence-electron chi connectivity index (χ0n) is 17.0. The van der Waals surface area contributed by atoms with Crippen molar-refractivity contribution in [1.82, 2.24) is 9.88 Å². The highest BCUT2D eigenvalue weighted by Crippen LogP contribution is 2.28. The molecule has 31 heavy (non-hydrogen) atoms. The number of benzene rings is 2. The van der Waals surface area contributed by atoms with E-state index in [2.05, 4.69) is 11.1 Å². The highest BCUT2D eigenvalue weighted by molar-refractivity contribution is 5.95. The van der Waals surface area contributed by atoms with Crippen LogP contribution in [0.4, 0.5) is 5.82 Å². The molecule has 7 heteroatoms. The molecule has 0 aliphatic carbocycles. The third-order valence-corrected chi connectivity index (χ3v) is 5.38. The summed E-state index contributed by atoms with van der Waals surface area (Å²) >= 11 is 0. The molecule has 2 heterocycles. The summed E-state index contributed by atoms with van der Waals surface area (Å²) in [4.78, 5) is 18.6. The quantitative estimate of drug-likeness (QED) is 0.664. The molecule has 0 bridgehead atoms. The Labute approximate surface area is 180 Å². The zero-order valence-corrected chi connectivity index (χ0v) is 17.0. The summed E-state index contributed by atoms with van der Waals surface area (Å²) < 4.78 is 5.86. The summed E-state index contributed by atoms with van der Waals surface area (Å²) in [5.74, 6) is 0.710. The molecule has 1 saturated heterocycles. The van der Waals surface area contributed by atoms with E-state index in [0.29, 0.717) is 30.0 Å². The van der Waals surface area contributed by atoms with Crippen LogP contribution in [-0.2, 0) is 6.61 Å². The first-order valence-electron chi connectivity index (χ1n) is 10.1. The Kier molecular flexibility index (Phi) is 5.83. The molecule has 0 spiro atoms. The van der Waals surface area contributed by atoms with Gasteiger partial charge in [0.25, 0.3) is 5.91 Å². The minimum absolute atomic E-state index is 0.00453. The van der Waals surface area contributed by atoms with Crippen molar-refractivity contribution in [2.75, 3.05) is 18.8 Å². The molecule has 1 unspecified atom stereocenters. The number of hydrogen-bond acceptors (Lipinski definition) is 6. The number of nitrogens with zero attached hydrogens (tertiary/aromatic N) is 3. The van der Waals surface area contributed by atoms with E-state index in [1.807, 2.05) is 48.5 Å². The van der Waals surface area contributed by atoms with Crippen LogP contribution in [0, 0.1) is 11.3 Å². The lowest BCUT2D eigenvalue weighted by Crippen LogP contribution is -2.31. The monoisotopic (exact) mass is 413 g/mol. The lowest BCUT2D eigenvalue weighted by atomic mass is 10.0. The maximum atomic E-state index is 12.6. The van der Waals surface area contributed by atoms with Crippen LogP contribution >= 0.6 is 0 Å². The molecule has 1 amide bonds. The van der Waals surface area contributed by atoms with E-state index in [1.165, 1.54) is 0 Å². The summed E-state index contributed by atoms with van der Waals surface area (Å²) in [5.41, 5.74) is 15.6. The fourth-order valence-corrected chi connectivity index (χ4v) is 3.60. The maximum absolute atomic E-state index is 12.6. The molecule has 1 aromatic heterocycles. The molecule has 0 radical (unpaired) electrons. The topological polar surface area (TPSA) is 118 Å². The molecule has 2 aromatic carbocycles. The minimum atomic E-state index is -0.00453. The van der Waals surface area contributed by atoms with Crippen LogP contribution in [0.15, 0.2) is 60.8 Å². The van der Waals surface area contributed by atoms with Gasteiger partial charge in [0.1, 0.15) is 6.61 Å².